The van der Waals surface area contributed by atoms with E-state index in [0.717, 1.165) is 18.9 Å². The van der Waals surface area contributed by atoms with Crippen LogP contribution in [0.2, 0.25) is 0 Å². The lowest BCUT2D eigenvalue weighted by atomic mass is 9.78. The van der Waals surface area contributed by atoms with Gasteiger partial charge in [0.2, 0.25) is 0 Å². The molecule has 1 fully saturated rings. The second kappa shape index (κ2) is 3.24. The Labute approximate surface area is 97.0 Å². The van der Waals surface area contributed by atoms with Gasteiger partial charge >= 0.3 is 0 Å². The molecule has 2 heterocycles. The Balaban J connectivity index is 2.16. The molecule has 1 aromatic carbocycles. The predicted molar refractivity (Wildman–Crippen MR) is 65.2 cm³/mol. The van der Waals surface area contributed by atoms with Gasteiger partial charge in [-0.3, -0.25) is 0 Å². The number of benzene rings is 1. The maximum absolute atomic E-state index is 5.94. The summed E-state index contributed by atoms with van der Waals surface area (Å²) in [6, 6.07) is 4.45. The number of ether oxygens (including phenoxy) is 1. The standard InChI is InChI=1S/C14H19NO/c1-9-6-10(2)13-11-4-5-15-14(11,3)8-16-12(13)7-9/h6-7,11,15H,4-5,8H2,1-3H3/t11-,14+/m0/s1. The van der Waals surface area contributed by atoms with Gasteiger partial charge in [0.05, 0.1) is 5.54 Å². The Morgan fingerprint density at radius 1 is 1.38 bits per heavy atom. The molecule has 2 heteroatoms. The van der Waals surface area contributed by atoms with Gasteiger partial charge < -0.3 is 10.1 Å². The average Bonchev–Trinajstić information content (AvgIpc) is 2.59. The molecular weight excluding hydrogens is 198 g/mol. The summed E-state index contributed by atoms with van der Waals surface area (Å²) in [7, 11) is 0. The van der Waals surface area contributed by atoms with Gasteiger partial charge in [-0.15, -0.1) is 0 Å². The van der Waals surface area contributed by atoms with Crippen molar-refractivity contribution >= 4 is 0 Å². The number of fused-ring (bicyclic) bond motifs is 3. The molecular formula is C14H19NO. The molecule has 1 saturated heterocycles. The maximum Gasteiger partial charge on any atom is 0.123 e. The first-order valence-electron chi connectivity index (χ1n) is 6.09. The van der Waals surface area contributed by atoms with Crippen molar-refractivity contribution in [2.24, 2.45) is 0 Å². The van der Waals surface area contributed by atoms with Crippen molar-refractivity contribution in [2.75, 3.05) is 13.2 Å². The Kier molecular flexibility index (Phi) is 2.05. The fraction of sp³-hybridized carbons (Fsp3) is 0.571. The smallest absolute Gasteiger partial charge is 0.123 e. The second-order valence-electron chi connectivity index (χ2n) is 5.47. The minimum absolute atomic E-state index is 0.146. The normalized spacial score (nSPS) is 31.8. The first-order chi connectivity index (χ1) is 7.60. The van der Waals surface area contributed by atoms with Crippen LogP contribution >= 0.6 is 0 Å². The van der Waals surface area contributed by atoms with E-state index < -0.39 is 0 Å². The Hall–Kier alpha value is -1.02. The number of hydrogen-bond donors (Lipinski definition) is 1. The van der Waals surface area contributed by atoms with Crippen LogP contribution in [0.25, 0.3) is 0 Å². The summed E-state index contributed by atoms with van der Waals surface area (Å²) in [4.78, 5) is 0. The van der Waals surface area contributed by atoms with Crippen LogP contribution in [0.1, 0.15) is 36.0 Å². The zero-order chi connectivity index (χ0) is 11.3. The highest BCUT2D eigenvalue weighted by Gasteiger charge is 2.44. The molecule has 0 unspecified atom stereocenters. The number of aryl methyl sites for hydroxylation is 2. The number of rotatable bonds is 0. The molecule has 0 spiro atoms. The van der Waals surface area contributed by atoms with Gasteiger partial charge in [-0.1, -0.05) is 6.07 Å². The van der Waals surface area contributed by atoms with Crippen LogP contribution < -0.4 is 10.1 Å². The molecule has 0 radical (unpaired) electrons. The first kappa shape index (κ1) is 10.2. The first-order valence-corrected chi connectivity index (χ1v) is 6.09. The van der Waals surface area contributed by atoms with Crippen molar-refractivity contribution in [3.05, 3.63) is 28.8 Å². The zero-order valence-electron chi connectivity index (χ0n) is 10.3. The SMILES string of the molecule is Cc1cc(C)c2c(c1)OC[C@@]1(C)NCC[C@@H]21. The summed E-state index contributed by atoms with van der Waals surface area (Å²) in [6.07, 6.45) is 1.23. The quantitative estimate of drug-likeness (QED) is 0.721. The van der Waals surface area contributed by atoms with E-state index in [4.69, 9.17) is 4.74 Å². The van der Waals surface area contributed by atoms with E-state index in [0.29, 0.717) is 5.92 Å². The predicted octanol–water partition coefficient (Wildman–Crippen LogP) is 2.53. The molecule has 1 N–H and O–H groups in total. The summed E-state index contributed by atoms with van der Waals surface area (Å²) in [5.41, 5.74) is 4.26. The molecule has 16 heavy (non-hydrogen) atoms. The number of hydrogen-bond acceptors (Lipinski definition) is 2. The van der Waals surface area contributed by atoms with Gasteiger partial charge in [0.15, 0.2) is 0 Å². The summed E-state index contributed by atoms with van der Waals surface area (Å²) < 4.78 is 5.94. The van der Waals surface area contributed by atoms with E-state index >= 15 is 0 Å². The van der Waals surface area contributed by atoms with Gasteiger partial charge in [-0.25, -0.2) is 0 Å². The molecule has 2 nitrogen and oxygen atoms in total. The van der Waals surface area contributed by atoms with Crippen LogP contribution in [0.4, 0.5) is 0 Å². The van der Waals surface area contributed by atoms with Crippen LogP contribution in [-0.4, -0.2) is 18.7 Å². The molecule has 0 amide bonds. The molecule has 0 aromatic heterocycles. The third-order valence-electron chi connectivity index (χ3n) is 4.10. The summed E-state index contributed by atoms with van der Waals surface area (Å²) in [5.74, 6) is 1.74. The van der Waals surface area contributed by atoms with E-state index in [9.17, 15) is 0 Å². The molecule has 2 atom stereocenters. The van der Waals surface area contributed by atoms with Crippen LogP contribution in [-0.2, 0) is 0 Å². The molecule has 2 aliphatic heterocycles. The number of nitrogens with one attached hydrogen (secondary N) is 1. The topological polar surface area (TPSA) is 21.3 Å². The van der Waals surface area contributed by atoms with Crippen molar-refractivity contribution in [1.29, 1.82) is 0 Å². The highest BCUT2D eigenvalue weighted by Crippen LogP contribution is 2.45. The van der Waals surface area contributed by atoms with E-state index in [1.807, 2.05) is 0 Å². The van der Waals surface area contributed by atoms with Crippen LogP contribution in [0, 0.1) is 13.8 Å². The molecule has 1 aromatic rings. The molecule has 0 bridgehead atoms. The Bertz CT molecular complexity index is 441. The minimum atomic E-state index is 0.146. The lowest BCUT2D eigenvalue weighted by molar-refractivity contribution is 0.170. The summed E-state index contributed by atoms with van der Waals surface area (Å²) >= 11 is 0. The van der Waals surface area contributed by atoms with E-state index in [-0.39, 0.29) is 5.54 Å². The van der Waals surface area contributed by atoms with Gasteiger partial charge in [-0.2, -0.15) is 0 Å². The van der Waals surface area contributed by atoms with Gasteiger partial charge in [0.25, 0.3) is 0 Å². The molecule has 2 aliphatic rings. The van der Waals surface area contributed by atoms with Gasteiger partial charge in [-0.05, 0) is 50.9 Å². The maximum atomic E-state index is 5.94. The molecule has 0 aliphatic carbocycles. The van der Waals surface area contributed by atoms with Crippen LogP contribution in [0.3, 0.4) is 0 Å². The third-order valence-corrected chi connectivity index (χ3v) is 4.10. The van der Waals surface area contributed by atoms with Crippen LogP contribution in [0.5, 0.6) is 5.75 Å². The monoisotopic (exact) mass is 217 g/mol. The van der Waals surface area contributed by atoms with Crippen molar-refractivity contribution in [1.82, 2.24) is 5.32 Å². The largest absolute Gasteiger partial charge is 0.491 e. The van der Waals surface area contributed by atoms with Crippen LogP contribution in [0.15, 0.2) is 12.1 Å². The Morgan fingerprint density at radius 3 is 3.00 bits per heavy atom. The zero-order valence-corrected chi connectivity index (χ0v) is 10.3. The van der Waals surface area contributed by atoms with Gasteiger partial charge in [0, 0.05) is 11.5 Å². The lowest BCUT2D eigenvalue weighted by Gasteiger charge is -2.38. The molecule has 86 valence electrons. The second-order valence-corrected chi connectivity index (χ2v) is 5.47. The molecule has 0 saturated carbocycles. The van der Waals surface area contributed by atoms with Crippen molar-refractivity contribution < 1.29 is 4.74 Å². The van der Waals surface area contributed by atoms with Crippen molar-refractivity contribution in [2.45, 2.75) is 38.6 Å². The highest BCUT2D eigenvalue weighted by atomic mass is 16.5. The summed E-state index contributed by atoms with van der Waals surface area (Å²) in [6.45, 7) is 8.54. The van der Waals surface area contributed by atoms with Gasteiger partial charge in [0.1, 0.15) is 12.4 Å². The average molecular weight is 217 g/mol. The third kappa shape index (κ3) is 1.29. The minimum Gasteiger partial charge on any atom is -0.491 e. The lowest BCUT2D eigenvalue weighted by Crippen LogP contribution is -2.48. The van der Waals surface area contributed by atoms with E-state index in [1.54, 1.807) is 0 Å². The summed E-state index contributed by atoms with van der Waals surface area (Å²) in [5, 5.41) is 3.59. The Morgan fingerprint density at radius 2 is 2.19 bits per heavy atom. The fourth-order valence-corrected chi connectivity index (χ4v) is 3.29. The van der Waals surface area contributed by atoms with Crippen molar-refractivity contribution in [3.63, 3.8) is 0 Å². The molecule has 3 rings (SSSR count). The highest BCUT2D eigenvalue weighted by molar-refractivity contribution is 5.49. The van der Waals surface area contributed by atoms with E-state index in [2.05, 4.69) is 38.2 Å². The fourth-order valence-electron chi connectivity index (χ4n) is 3.29. The van der Waals surface area contributed by atoms with Crippen molar-refractivity contribution in [3.8, 4) is 5.75 Å². The van der Waals surface area contributed by atoms with E-state index in [1.165, 1.54) is 23.1 Å².